The summed E-state index contributed by atoms with van der Waals surface area (Å²) >= 11 is 0. The Morgan fingerprint density at radius 1 is 1.43 bits per heavy atom. The lowest BCUT2D eigenvalue weighted by atomic mass is 10.00. The lowest BCUT2D eigenvalue weighted by Crippen LogP contribution is -2.51. The van der Waals surface area contributed by atoms with Gasteiger partial charge in [-0.3, -0.25) is 10.1 Å². The maximum Gasteiger partial charge on any atom is 0.270 e. The fourth-order valence-electron chi connectivity index (χ4n) is 2.65. The van der Waals surface area contributed by atoms with E-state index in [4.69, 9.17) is 5.73 Å². The number of hydrogen-bond acceptors (Lipinski definition) is 5. The van der Waals surface area contributed by atoms with Crippen LogP contribution in [0.3, 0.4) is 0 Å². The maximum absolute atomic E-state index is 12.7. The minimum atomic E-state index is -3.76. The molecule has 0 radical (unpaired) electrons. The Hall–Kier alpha value is -1.51. The summed E-state index contributed by atoms with van der Waals surface area (Å²) in [5.41, 5.74) is 5.67. The summed E-state index contributed by atoms with van der Waals surface area (Å²) in [6.07, 6.45) is 2.43. The fourth-order valence-corrected chi connectivity index (χ4v) is 4.46. The zero-order chi connectivity index (χ0) is 15.6. The van der Waals surface area contributed by atoms with Crippen molar-refractivity contribution in [2.24, 2.45) is 5.73 Å². The summed E-state index contributed by atoms with van der Waals surface area (Å²) in [4.78, 5) is 10.2. The van der Waals surface area contributed by atoms with Crippen LogP contribution in [0.25, 0.3) is 0 Å². The summed E-state index contributed by atoms with van der Waals surface area (Å²) in [5, 5.41) is 10.8. The van der Waals surface area contributed by atoms with Gasteiger partial charge in [-0.2, -0.15) is 4.31 Å². The molecule has 1 aromatic rings. The van der Waals surface area contributed by atoms with Crippen LogP contribution in [0.1, 0.15) is 26.2 Å². The third-order valence-electron chi connectivity index (χ3n) is 3.74. The first-order chi connectivity index (χ1) is 9.84. The molecule has 0 aliphatic carbocycles. The molecule has 0 saturated carbocycles. The normalized spacial score (nSPS) is 21.9. The van der Waals surface area contributed by atoms with Crippen molar-refractivity contribution in [3.63, 3.8) is 0 Å². The maximum atomic E-state index is 12.7. The van der Waals surface area contributed by atoms with Gasteiger partial charge in [-0.15, -0.1) is 0 Å². The van der Waals surface area contributed by atoms with Gasteiger partial charge in [0.25, 0.3) is 5.69 Å². The van der Waals surface area contributed by atoms with Crippen LogP contribution in [0, 0.1) is 10.1 Å². The third kappa shape index (κ3) is 3.22. The molecule has 1 aliphatic rings. The van der Waals surface area contributed by atoms with E-state index in [0.29, 0.717) is 13.0 Å². The number of sulfonamides is 1. The van der Waals surface area contributed by atoms with Crippen molar-refractivity contribution in [2.75, 3.05) is 6.54 Å². The van der Waals surface area contributed by atoms with Gasteiger partial charge >= 0.3 is 0 Å². The largest absolute Gasteiger partial charge is 0.326 e. The number of hydrogen-bond donors (Lipinski definition) is 1. The molecule has 0 spiro atoms. The molecule has 2 rings (SSSR count). The molecule has 0 bridgehead atoms. The third-order valence-corrected chi connectivity index (χ3v) is 5.66. The Labute approximate surface area is 123 Å². The zero-order valence-corrected chi connectivity index (χ0v) is 12.6. The second-order valence-corrected chi connectivity index (χ2v) is 7.18. The highest BCUT2D eigenvalue weighted by molar-refractivity contribution is 7.89. The van der Waals surface area contributed by atoms with E-state index < -0.39 is 14.9 Å². The summed E-state index contributed by atoms with van der Waals surface area (Å²) in [6.45, 7) is 2.18. The van der Waals surface area contributed by atoms with Gasteiger partial charge in [0.1, 0.15) is 0 Å². The van der Waals surface area contributed by atoms with Crippen molar-refractivity contribution in [2.45, 2.75) is 43.2 Å². The Balaban J connectivity index is 2.40. The summed E-state index contributed by atoms with van der Waals surface area (Å²) < 4.78 is 26.8. The number of non-ortho nitro benzene ring substituents is 1. The van der Waals surface area contributed by atoms with Gasteiger partial charge in [0.05, 0.1) is 9.82 Å². The molecule has 116 valence electrons. The van der Waals surface area contributed by atoms with Crippen molar-refractivity contribution < 1.29 is 13.3 Å². The molecule has 8 heteroatoms. The summed E-state index contributed by atoms with van der Waals surface area (Å²) in [5.74, 6) is 0. The van der Waals surface area contributed by atoms with Crippen LogP contribution in [-0.2, 0) is 10.0 Å². The van der Waals surface area contributed by atoms with E-state index in [1.54, 1.807) is 6.92 Å². The zero-order valence-electron chi connectivity index (χ0n) is 11.8. The number of rotatable bonds is 4. The fraction of sp³-hybridized carbons (Fsp3) is 0.538. The molecule has 21 heavy (non-hydrogen) atoms. The molecule has 0 amide bonds. The first kappa shape index (κ1) is 15.9. The monoisotopic (exact) mass is 313 g/mol. The molecule has 1 heterocycles. The van der Waals surface area contributed by atoms with Crippen molar-refractivity contribution >= 4 is 15.7 Å². The quantitative estimate of drug-likeness (QED) is 0.669. The lowest BCUT2D eigenvalue weighted by molar-refractivity contribution is -0.385. The Bertz CT molecular complexity index is 630. The van der Waals surface area contributed by atoms with Crippen molar-refractivity contribution in [1.29, 1.82) is 0 Å². The van der Waals surface area contributed by atoms with E-state index in [1.807, 2.05) is 0 Å². The van der Waals surface area contributed by atoms with E-state index >= 15 is 0 Å². The van der Waals surface area contributed by atoms with Crippen LogP contribution in [0.15, 0.2) is 29.2 Å². The standard InChI is InChI=1S/C13H19N3O4S/c1-10(14)13-7-2-3-8-15(13)21(19,20)12-6-4-5-11(9-12)16(17)18/h4-6,9-10,13H,2-3,7-8,14H2,1H3. The van der Waals surface area contributed by atoms with Gasteiger partial charge in [0.15, 0.2) is 0 Å². The number of nitrogens with zero attached hydrogens (tertiary/aromatic N) is 2. The van der Waals surface area contributed by atoms with Gasteiger partial charge in [-0.1, -0.05) is 12.5 Å². The number of nitro benzene ring substituents is 1. The number of benzene rings is 1. The van der Waals surface area contributed by atoms with Crippen molar-refractivity contribution in [3.8, 4) is 0 Å². The average Bonchev–Trinajstić information content (AvgIpc) is 2.47. The predicted octanol–water partition coefficient (Wildman–Crippen LogP) is 1.49. The van der Waals surface area contributed by atoms with Crippen LogP contribution < -0.4 is 5.73 Å². The Kier molecular flexibility index (Phi) is 4.60. The van der Waals surface area contributed by atoms with Gasteiger partial charge in [0.2, 0.25) is 10.0 Å². The molecular formula is C13H19N3O4S. The van der Waals surface area contributed by atoms with Crippen LogP contribution in [0.2, 0.25) is 0 Å². The van der Waals surface area contributed by atoms with Crippen molar-refractivity contribution in [1.82, 2.24) is 4.31 Å². The number of nitrogens with two attached hydrogens (primary N) is 1. The molecule has 1 aliphatic heterocycles. The second kappa shape index (κ2) is 6.08. The van der Waals surface area contributed by atoms with Gasteiger partial charge < -0.3 is 5.73 Å². The second-order valence-electron chi connectivity index (χ2n) is 5.29. The van der Waals surface area contributed by atoms with E-state index in [0.717, 1.165) is 18.9 Å². The smallest absolute Gasteiger partial charge is 0.270 e. The van der Waals surface area contributed by atoms with E-state index in [2.05, 4.69) is 0 Å². The molecule has 1 aromatic carbocycles. The molecule has 1 fully saturated rings. The van der Waals surface area contributed by atoms with Gasteiger partial charge in [0, 0.05) is 30.8 Å². The van der Waals surface area contributed by atoms with E-state index in [-0.39, 0.29) is 22.7 Å². The summed E-state index contributed by atoms with van der Waals surface area (Å²) in [7, 11) is -3.76. The van der Waals surface area contributed by atoms with Gasteiger partial charge in [-0.05, 0) is 25.8 Å². The lowest BCUT2D eigenvalue weighted by Gasteiger charge is -2.36. The highest BCUT2D eigenvalue weighted by Gasteiger charge is 2.35. The minimum absolute atomic E-state index is 0.0516. The van der Waals surface area contributed by atoms with E-state index in [1.165, 1.54) is 22.5 Å². The number of piperidine rings is 1. The highest BCUT2D eigenvalue weighted by Crippen LogP contribution is 2.28. The molecule has 7 nitrogen and oxygen atoms in total. The topological polar surface area (TPSA) is 107 Å². The Morgan fingerprint density at radius 3 is 2.76 bits per heavy atom. The van der Waals surface area contributed by atoms with Gasteiger partial charge in [-0.25, -0.2) is 8.42 Å². The van der Waals surface area contributed by atoms with E-state index in [9.17, 15) is 18.5 Å². The SMILES string of the molecule is CC(N)C1CCCCN1S(=O)(=O)c1cccc([N+](=O)[O-])c1. The first-order valence-electron chi connectivity index (χ1n) is 6.86. The summed E-state index contributed by atoms with van der Waals surface area (Å²) in [6, 6.07) is 4.60. The van der Waals surface area contributed by atoms with Crippen LogP contribution >= 0.6 is 0 Å². The molecule has 2 N–H and O–H groups in total. The van der Waals surface area contributed by atoms with Crippen LogP contribution in [0.4, 0.5) is 5.69 Å². The molecule has 0 aromatic heterocycles. The molecule has 2 unspecified atom stereocenters. The molecule has 2 atom stereocenters. The highest BCUT2D eigenvalue weighted by atomic mass is 32.2. The number of nitro groups is 1. The van der Waals surface area contributed by atoms with Crippen LogP contribution in [0.5, 0.6) is 0 Å². The molecular weight excluding hydrogens is 294 g/mol. The average molecular weight is 313 g/mol. The minimum Gasteiger partial charge on any atom is -0.326 e. The predicted molar refractivity (Wildman–Crippen MR) is 78.3 cm³/mol. The first-order valence-corrected chi connectivity index (χ1v) is 8.30. The van der Waals surface area contributed by atoms with Crippen LogP contribution in [-0.4, -0.2) is 36.3 Å². The molecule has 1 saturated heterocycles. The van der Waals surface area contributed by atoms with Crippen molar-refractivity contribution in [3.05, 3.63) is 34.4 Å². The Morgan fingerprint density at radius 2 is 2.14 bits per heavy atom.